The summed E-state index contributed by atoms with van der Waals surface area (Å²) < 4.78 is 6.72. The lowest BCUT2D eigenvalue weighted by molar-refractivity contribution is -0.898. The molecule has 0 bridgehead atoms. The first kappa shape index (κ1) is 20.7. The number of halogens is 1. The number of nitrogens with zero attached hydrogens (tertiary/aromatic N) is 2. The fraction of sp³-hybridized carbons (Fsp3) is 0.944. The molecular formula is C18H34ClN7O2. The summed E-state index contributed by atoms with van der Waals surface area (Å²) in [6.45, 7) is 4.91. The molecule has 7 unspecified atom stereocenters. The summed E-state index contributed by atoms with van der Waals surface area (Å²) in [6, 6.07) is -0.0564. The molecule has 4 aliphatic heterocycles. The highest BCUT2D eigenvalue weighted by Crippen LogP contribution is 2.37. The van der Waals surface area contributed by atoms with Gasteiger partial charge in [0.1, 0.15) is 12.1 Å². The fourth-order valence-corrected chi connectivity index (χ4v) is 5.45. The Kier molecular flexibility index (Phi) is 6.44. The molecule has 4 heterocycles. The zero-order valence-corrected chi connectivity index (χ0v) is 17.3. The molecule has 8 atom stereocenters. The summed E-state index contributed by atoms with van der Waals surface area (Å²) in [4.78, 5) is 13.2. The van der Waals surface area contributed by atoms with E-state index in [1.807, 2.05) is 7.05 Å². The van der Waals surface area contributed by atoms with E-state index in [4.69, 9.17) is 22.1 Å². The van der Waals surface area contributed by atoms with Crippen LogP contribution in [0.4, 0.5) is 0 Å². The average Bonchev–Trinajstić information content (AvgIpc) is 2.93. The smallest absolute Gasteiger partial charge is 0.230 e. The van der Waals surface area contributed by atoms with Crippen LogP contribution in [-0.4, -0.2) is 92.8 Å². The zero-order valence-electron chi connectivity index (χ0n) is 16.6. The third-order valence-electron chi connectivity index (χ3n) is 6.49. The van der Waals surface area contributed by atoms with Gasteiger partial charge in [-0.15, -0.1) is 11.6 Å². The molecule has 0 aromatic heterocycles. The van der Waals surface area contributed by atoms with E-state index >= 15 is 0 Å². The summed E-state index contributed by atoms with van der Waals surface area (Å²) in [6.07, 6.45) is 2.68. The summed E-state index contributed by atoms with van der Waals surface area (Å²) in [5, 5.41) is 13.4. The Bertz CT molecular complexity index is 564. The number of fused-ring (bicyclic) bond motifs is 1. The number of amides is 1. The van der Waals surface area contributed by atoms with Gasteiger partial charge in [0.05, 0.1) is 37.2 Å². The highest BCUT2D eigenvalue weighted by molar-refractivity contribution is 6.21. The first-order valence-electron chi connectivity index (χ1n) is 10.5. The second-order valence-electron chi connectivity index (χ2n) is 8.73. The SMILES string of the molecule is C[N+]12CC(Cl)CNC1C(C(=O)NC1CNCCC1O[C@@H]1CCCNC1)C(N)[N-]2. The number of carbonyl (C=O) groups is 1. The Labute approximate surface area is 172 Å². The van der Waals surface area contributed by atoms with Crippen molar-refractivity contribution in [2.24, 2.45) is 11.7 Å². The minimum absolute atomic E-state index is 0.0107. The lowest BCUT2D eigenvalue weighted by atomic mass is 9.98. The first-order chi connectivity index (χ1) is 13.5. The molecular weight excluding hydrogens is 382 g/mol. The molecule has 28 heavy (non-hydrogen) atoms. The van der Waals surface area contributed by atoms with Crippen LogP contribution < -0.4 is 27.0 Å². The molecule has 0 aliphatic carbocycles. The number of hydrogen-bond acceptors (Lipinski definition) is 6. The van der Waals surface area contributed by atoms with Gasteiger partial charge in [0, 0.05) is 19.6 Å². The Balaban J connectivity index is 1.39. The van der Waals surface area contributed by atoms with Crippen LogP contribution in [0.5, 0.6) is 0 Å². The molecule has 0 aromatic carbocycles. The van der Waals surface area contributed by atoms with Gasteiger partial charge in [-0.3, -0.25) is 10.1 Å². The monoisotopic (exact) mass is 415 g/mol. The van der Waals surface area contributed by atoms with Gasteiger partial charge < -0.3 is 36.4 Å². The van der Waals surface area contributed by atoms with Crippen LogP contribution in [0, 0.1) is 5.92 Å². The molecule has 6 N–H and O–H groups in total. The molecule has 9 nitrogen and oxygen atoms in total. The van der Waals surface area contributed by atoms with E-state index in [1.165, 1.54) is 0 Å². The van der Waals surface area contributed by atoms with Gasteiger partial charge in [-0.05, 0) is 38.5 Å². The van der Waals surface area contributed by atoms with Crippen molar-refractivity contribution in [1.29, 1.82) is 0 Å². The van der Waals surface area contributed by atoms with Gasteiger partial charge in [0.25, 0.3) is 0 Å². The number of quaternary nitrogens is 1. The Morgan fingerprint density at radius 2 is 2.07 bits per heavy atom. The lowest BCUT2D eigenvalue weighted by Crippen LogP contribution is -2.65. The topological polar surface area (TPSA) is 115 Å². The van der Waals surface area contributed by atoms with Crippen LogP contribution in [0.3, 0.4) is 0 Å². The van der Waals surface area contributed by atoms with Crippen molar-refractivity contribution in [3.8, 4) is 0 Å². The molecule has 4 rings (SSSR count). The van der Waals surface area contributed by atoms with E-state index in [0.717, 1.165) is 38.9 Å². The molecule has 4 fully saturated rings. The predicted octanol–water partition coefficient (Wildman–Crippen LogP) is -1.21. The molecule has 160 valence electrons. The largest absolute Gasteiger partial charge is 0.434 e. The minimum Gasteiger partial charge on any atom is -0.434 e. The predicted molar refractivity (Wildman–Crippen MR) is 107 cm³/mol. The normalized spacial score (nSPS) is 46.8. The molecule has 0 saturated carbocycles. The summed E-state index contributed by atoms with van der Waals surface area (Å²) in [5.41, 5.74) is 10.9. The van der Waals surface area contributed by atoms with Crippen LogP contribution in [0.25, 0.3) is 5.43 Å². The third kappa shape index (κ3) is 4.32. The number of ether oxygens (including phenoxy) is 1. The quantitative estimate of drug-likeness (QED) is 0.291. The zero-order chi connectivity index (χ0) is 19.7. The van der Waals surface area contributed by atoms with Crippen molar-refractivity contribution in [3.63, 3.8) is 0 Å². The van der Waals surface area contributed by atoms with Crippen LogP contribution in [0.1, 0.15) is 19.3 Å². The number of piperidine rings is 2. The maximum absolute atomic E-state index is 13.2. The number of alkyl halides is 1. The van der Waals surface area contributed by atoms with Crippen molar-refractivity contribution in [1.82, 2.24) is 21.3 Å². The lowest BCUT2D eigenvalue weighted by Gasteiger charge is -2.50. The van der Waals surface area contributed by atoms with Crippen molar-refractivity contribution >= 4 is 17.5 Å². The van der Waals surface area contributed by atoms with E-state index in [1.54, 1.807) is 0 Å². The van der Waals surface area contributed by atoms with Crippen LogP contribution in [0.15, 0.2) is 0 Å². The summed E-state index contributed by atoms with van der Waals surface area (Å²) >= 11 is 6.31. The maximum atomic E-state index is 13.2. The highest BCUT2D eigenvalue weighted by atomic mass is 35.5. The van der Waals surface area contributed by atoms with Crippen LogP contribution >= 0.6 is 11.6 Å². The van der Waals surface area contributed by atoms with E-state index in [0.29, 0.717) is 24.2 Å². The van der Waals surface area contributed by atoms with Gasteiger partial charge in [-0.1, -0.05) is 0 Å². The Hall–Kier alpha value is -0.520. The highest BCUT2D eigenvalue weighted by Gasteiger charge is 2.50. The van der Waals surface area contributed by atoms with Crippen molar-refractivity contribution in [2.75, 3.05) is 46.3 Å². The second-order valence-corrected chi connectivity index (χ2v) is 9.35. The van der Waals surface area contributed by atoms with E-state index < -0.39 is 12.1 Å². The number of carbonyl (C=O) groups excluding carboxylic acids is 1. The van der Waals surface area contributed by atoms with Gasteiger partial charge in [0.2, 0.25) is 5.91 Å². The number of nitrogens with one attached hydrogen (secondary N) is 4. The molecule has 0 spiro atoms. The van der Waals surface area contributed by atoms with Crippen molar-refractivity contribution in [2.45, 2.75) is 55.2 Å². The van der Waals surface area contributed by atoms with E-state index in [-0.39, 0.29) is 35.7 Å². The minimum atomic E-state index is -0.539. The fourth-order valence-electron chi connectivity index (χ4n) is 5.08. The third-order valence-corrected chi connectivity index (χ3v) is 6.78. The standard InChI is InChI=1S/C18H34ClN7O2/c1-26-10-11(19)7-23-17(26)15(16(20)25-26)18(27)24-13-9-22-6-4-14(13)28-12-3-2-5-21-8-12/h11-17,21-23H,2-10,20H2,1H3,(H,24,27)/t11?,12-,13?,14?,15?,16?,17?,26?/m1/s1. The number of nitrogens with two attached hydrogens (primary N) is 1. The second kappa shape index (κ2) is 8.69. The molecule has 4 saturated heterocycles. The maximum Gasteiger partial charge on any atom is 0.230 e. The molecule has 0 aromatic rings. The van der Waals surface area contributed by atoms with Gasteiger partial charge >= 0.3 is 0 Å². The summed E-state index contributed by atoms with van der Waals surface area (Å²) in [5.74, 6) is -0.458. The van der Waals surface area contributed by atoms with Gasteiger partial charge in [0.15, 0.2) is 0 Å². The summed E-state index contributed by atoms with van der Waals surface area (Å²) in [7, 11) is 1.99. The van der Waals surface area contributed by atoms with E-state index in [2.05, 4.69) is 26.7 Å². The molecule has 4 aliphatic rings. The average molecular weight is 416 g/mol. The molecule has 0 radical (unpaired) electrons. The Morgan fingerprint density at radius 3 is 2.86 bits per heavy atom. The van der Waals surface area contributed by atoms with Crippen molar-refractivity contribution in [3.05, 3.63) is 5.43 Å². The van der Waals surface area contributed by atoms with Crippen LogP contribution in [0.2, 0.25) is 0 Å². The van der Waals surface area contributed by atoms with Crippen molar-refractivity contribution < 1.29 is 14.1 Å². The van der Waals surface area contributed by atoms with Crippen LogP contribution in [-0.2, 0) is 9.53 Å². The van der Waals surface area contributed by atoms with Gasteiger partial charge in [-0.2, -0.15) is 0 Å². The number of rotatable bonds is 4. The number of hydrogen-bond donors (Lipinski definition) is 5. The molecule has 1 amide bonds. The van der Waals surface area contributed by atoms with E-state index in [9.17, 15) is 4.79 Å². The van der Waals surface area contributed by atoms with Gasteiger partial charge in [-0.25, -0.2) is 0 Å². The Morgan fingerprint density at radius 1 is 1.25 bits per heavy atom. The first-order valence-corrected chi connectivity index (χ1v) is 11.0. The molecule has 10 heteroatoms.